The van der Waals surface area contributed by atoms with Crippen LogP contribution in [0.2, 0.25) is 0 Å². The summed E-state index contributed by atoms with van der Waals surface area (Å²) < 4.78 is 0. The van der Waals surface area contributed by atoms with Gasteiger partial charge in [-0.2, -0.15) is 0 Å². The van der Waals surface area contributed by atoms with Crippen molar-refractivity contribution in [3.63, 3.8) is 0 Å². The van der Waals surface area contributed by atoms with Crippen LogP contribution in [0, 0.1) is 0 Å². The maximum atomic E-state index is 12.3. The van der Waals surface area contributed by atoms with E-state index in [1.165, 1.54) is 22.6 Å². The van der Waals surface area contributed by atoms with Gasteiger partial charge in [-0.15, -0.1) is 11.3 Å². The lowest BCUT2D eigenvalue weighted by atomic mass is 10.1. The van der Waals surface area contributed by atoms with Gasteiger partial charge < -0.3 is 9.80 Å². The van der Waals surface area contributed by atoms with Crippen LogP contribution in [0.5, 0.6) is 0 Å². The van der Waals surface area contributed by atoms with Crippen molar-refractivity contribution in [1.29, 1.82) is 0 Å². The molecule has 0 bridgehead atoms. The van der Waals surface area contributed by atoms with Crippen LogP contribution in [0.3, 0.4) is 0 Å². The molecule has 0 aliphatic carbocycles. The Bertz CT molecular complexity index is 584. The molecule has 1 fully saturated rings. The Labute approximate surface area is 129 Å². The number of thiophene rings is 1. The monoisotopic (exact) mass is 300 g/mol. The van der Waals surface area contributed by atoms with E-state index in [-0.39, 0.29) is 5.91 Å². The molecule has 21 heavy (non-hydrogen) atoms. The second-order valence-corrected chi connectivity index (χ2v) is 6.22. The summed E-state index contributed by atoms with van der Waals surface area (Å²) in [6, 6.07) is 12.6. The van der Waals surface area contributed by atoms with Crippen LogP contribution in [0.15, 0.2) is 41.8 Å². The van der Waals surface area contributed by atoms with E-state index < -0.39 is 0 Å². The zero-order valence-electron chi connectivity index (χ0n) is 12.3. The summed E-state index contributed by atoms with van der Waals surface area (Å²) in [5.41, 5.74) is 2.63. The van der Waals surface area contributed by atoms with E-state index in [1.54, 1.807) is 0 Å². The van der Waals surface area contributed by atoms with Gasteiger partial charge in [-0.05, 0) is 35.6 Å². The first kappa shape index (κ1) is 14.1. The van der Waals surface area contributed by atoms with Gasteiger partial charge in [0.15, 0.2) is 0 Å². The minimum Gasteiger partial charge on any atom is -0.368 e. The minimum atomic E-state index is 0.172. The van der Waals surface area contributed by atoms with Gasteiger partial charge in [0.25, 0.3) is 5.91 Å². The van der Waals surface area contributed by atoms with Crippen molar-refractivity contribution in [3.05, 3.63) is 52.2 Å². The SMILES string of the molecule is CCc1ccc(N2CCN(C(=O)c3cccs3)CC2)cc1. The average Bonchev–Trinajstić information content (AvgIpc) is 3.09. The van der Waals surface area contributed by atoms with E-state index in [2.05, 4.69) is 36.1 Å². The molecule has 1 aromatic carbocycles. The fraction of sp³-hybridized carbons (Fsp3) is 0.353. The highest BCUT2D eigenvalue weighted by atomic mass is 32.1. The number of anilines is 1. The number of carbonyl (C=O) groups is 1. The third-order valence-corrected chi connectivity index (χ3v) is 4.87. The van der Waals surface area contributed by atoms with Crippen molar-refractivity contribution in [2.24, 2.45) is 0 Å². The van der Waals surface area contributed by atoms with E-state index in [0.29, 0.717) is 0 Å². The largest absolute Gasteiger partial charge is 0.368 e. The maximum absolute atomic E-state index is 12.3. The van der Waals surface area contributed by atoms with Crippen molar-refractivity contribution in [3.8, 4) is 0 Å². The molecular weight excluding hydrogens is 280 g/mol. The Balaban J connectivity index is 1.60. The van der Waals surface area contributed by atoms with Crippen molar-refractivity contribution >= 4 is 22.9 Å². The van der Waals surface area contributed by atoms with E-state index >= 15 is 0 Å². The first-order valence-electron chi connectivity index (χ1n) is 7.44. The summed E-state index contributed by atoms with van der Waals surface area (Å²) in [5.74, 6) is 0.172. The zero-order chi connectivity index (χ0) is 14.7. The fourth-order valence-electron chi connectivity index (χ4n) is 2.67. The standard InChI is InChI=1S/C17H20N2OS/c1-2-14-5-7-15(8-6-14)18-9-11-19(12-10-18)17(20)16-4-3-13-21-16/h3-8,13H,2,9-12H2,1H3. The lowest BCUT2D eigenvalue weighted by molar-refractivity contribution is 0.0751. The molecule has 1 aliphatic rings. The summed E-state index contributed by atoms with van der Waals surface area (Å²) in [6.45, 7) is 5.58. The summed E-state index contributed by atoms with van der Waals surface area (Å²) in [7, 11) is 0. The molecule has 0 radical (unpaired) electrons. The number of hydrogen-bond acceptors (Lipinski definition) is 3. The van der Waals surface area contributed by atoms with Crippen LogP contribution in [0.25, 0.3) is 0 Å². The van der Waals surface area contributed by atoms with Gasteiger partial charge in [-0.3, -0.25) is 4.79 Å². The van der Waals surface area contributed by atoms with Gasteiger partial charge in [-0.25, -0.2) is 0 Å². The van der Waals surface area contributed by atoms with Gasteiger partial charge in [0.2, 0.25) is 0 Å². The third kappa shape index (κ3) is 3.10. The van der Waals surface area contributed by atoms with Gasteiger partial charge >= 0.3 is 0 Å². The van der Waals surface area contributed by atoms with Gasteiger partial charge in [-0.1, -0.05) is 25.1 Å². The number of aryl methyl sites for hydroxylation is 1. The molecule has 1 aliphatic heterocycles. The Morgan fingerprint density at radius 1 is 1.10 bits per heavy atom. The second-order valence-electron chi connectivity index (χ2n) is 5.28. The molecule has 0 unspecified atom stereocenters. The molecule has 1 amide bonds. The Morgan fingerprint density at radius 3 is 2.38 bits per heavy atom. The Morgan fingerprint density at radius 2 is 1.81 bits per heavy atom. The van der Waals surface area contributed by atoms with Crippen LogP contribution < -0.4 is 4.90 Å². The number of amides is 1. The smallest absolute Gasteiger partial charge is 0.264 e. The van der Waals surface area contributed by atoms with Crippen molar-refractivity contribution < 1.29 is 4.79 Å². The molecule has 0 saturated carbocycles. The van der Waals surface area contributed by atoms with E-state index in [4.69, 9.17) is 0 Å². The number of nitrogens with zero attached hydrogens (tertiary/aromatic N) is 2. The Kier molecular flexibility index (Phi) is 4.25. The summed E-state index contributed by atoms with van der Waals surface area (Å²) in [5, 5.41) is 1.96. The van der Waals surface area contributed by atoms with Crippen LogP contribution in [0.1, 0.15) is 22.2 Å². The minimum absolute atomic E-state index is 0.172. The number of piperazine rings is 1. The molecule has 1 aromatic heterocycles. The lowest BCUT2D eigenvalue weighted by Crippen LogP contribution is -2.48. The third-order valence-electron chi connectivity index (χ3n) is 4.01. The van der Waals surface area contributed by atoms with Crippen LogP contribution in [-0.2, 0) is 6.42 Å². The van der Waals surface area contributed by atoms with Crippen molar-refractivity contribution in [2.75, 3.05) is 31.1 Å². The summed E-state index contributed by atoms with van der Waals surface area (Å²) >= 11 is 1.52. The first-order valence-corrected chi connectivity index (χ1v) is 8.32. The highest BCUT2D eigenvalue weighted by molar-refractivity contribution is 7.12. The second kappa shape index (κ2) is 6.31. The number of hydrogen-bond donors (Lipinski definition) is 0. The molecule has 0 atom stereocenters. The fourth-order valence-corrected chi connectivity index (χ4v) is 3.36. The predicted octanol–water partition coefficient (Wildman–Crippen LogP) is 3.27. The molecule has 0 N–H and O–H groups in total. The molecule has 110 valence electrons. The normalized spacial score (nSPS) is 15.3. The van der Waals surface area contributed by atoms with E-state index in [1.807, 2.05) is 22.4 Å². The molecule has 2 aromatic rings. The molecule has 2 heterocycles. The highest BCUT2D eigenvalue weighted by Gasteiger charge is 2.22. The topological polar surface area (TPSA) is 23.6 Å². The van der Waals surface area contributed by atoms with Gasteiger partial charge in [0.05, 0.1) is 4.88 Å². The van der Waals surface area contributed by atoms with E-state index in [0.717, 1.165) is 37.5 Å². The van der Waals surface area contributed by atoms with Crippen LogP contribution in [0.4, 0.5) is 5.69 Å². The predicted molar refractivity (Wildman–Crippen MR) is 88.3 cm³/mol. The van der Waals surface area contributed by atoms with E-state index in [9.17, 15) is 4.79 Å². The molecule has 1 saturated heterocycles. The van der Waals surface area contributed by atoms with Crippen molar-refractivity contribution in [1.82, 2.24) is 4.90 Å². The average molecular weight is 300 g/mol. The number of rotatable bonds is 3. The number of carbonyl (C=O) groups excluding carboxylic acids is 1. The maximum Gasteiger partial charge on any atom is 0.264 e. The quantitative estimate of drug-likeness (QED) is 0.868. The molecule has 0 spiro atoms. The van der Waals surface area contributed by atoms with Crippen molar-refractivity contribution in [2.45, 2.75) is 13.3 Å². The highest BCUT2D eigenvalue weighted by Crippen LogP contribution is 2.19. The molecule has 3 rings (SSSR count). The first-order chi connectivity index (χ1) is 10.3. The van der Waals surface area contributed by atoms with Crippen LogP contribution in [-0.4, -0.2) is 37.0 Å². The van der Waals surface area contributed by atoms with Crippen LogP contribution >= 0.6 is 11.3 Å². The summed E-state index contributed by atoms with van der Waals surface area (Å²) in [6.07, 6.45) is 1.07. The molecule has 4 heteroatoms. The summed E-state index contributed by atoms with van der Waals surface area (Å²) in [4.78, 5) is 17.5. The molecule has 3 nitrogen and oxygen atoms in total. The van der Waals surface area contributed by atoms with Gasteiger partial charge in [0, 0.05) is 31.9 Å². The zero-order valence-corrected chi connectivity index (χ0v) is 13.1. The Hall–Kier alpha value is -1.81. The number of benzene rings is 1. The lowest BCUT2D eigenvalue weighted by Gasteiger charge is -2.36. The van der Waals surface area contributed by atoms with Gasteiger partial charge in [0.1, 0.15) is 0 Å². The molecular formula is C17H20N2OS.